The number of carbonyl (C=O) groups excluding carboxylic acids is 1. The highest BCUT2D eigenvalue weighted by atomic mass is 32.1. The Morgan fingerprint density at radius 1 is 1.65 bits per heavy atom. The summed E-state index contributed by atoms with van der Waals surface area (Å²) in [4.78, 5) is 14.3. The minimum Gasteiger partial charge on any atom is -0.460 e. The Morgan fingerprint density at radius 2 is 2.47 bits per heavy atom. The van der Waals surface area contributed by atoms with Crippen molar-refractivity contribution >= 4 is 17.3 Å². The summed E-state index contributed by atoms with van der Waals surface area (Å²) in [5.74, 6) is -0.180. The van der Waals surface area contributed by atoms with Gasteiger partial charge in [0.05, 0.1) is 0 Å². The Morgan fingerprint density at radius 3 is 3.12 bits per heavy atom. The molecule has 1 aromatic rings. The molecule has 17 heavy (non-hydrogen) atoms. The summed E-state index contributed by atoms with van der Waals surface area (Å²) in [6.07, 6.45) is 1.19. The van der Waals surface area contributed by atoms with Gasteiger partial charge < -0.3 is 10.1 Å². The molecule has 0 spiro atoms. The highest BCUT2D eigenvalue weighted by Gasteiger charge is 2.28. The molecule has 1 aromatic heterocycles. The quantitative estimate of drug-likeness (QED) is 0.609. The fourth-order valence-corrected chi connectivity index (χ4v) is 2.57. The van der Waals surface area contributed by atoms with Crippen LogP contribution < -0.4 is 5.32 Å². The average molecular weight is 254 g/mol. The van der Waals surface area contributed by atoms with Gasteiger partial charge in [-0.1, -0.05) is 6.07 Å². The summed E-state index contributed by atoms with van der Waals surface area (Å²) < 4.78 is 5.07. The predicted octanol–water partition coefficient (Wildman–Crippen LogP) is 1.08. The van der Waals surface area contributed by atoms with E-state index < -0.39 is 0 Å². The molecule has 0 aliphatic carbocycles. The standard InChI is InChI=1S/C12H18N2O2S/c1-10(15)16-11-7-14(8-11)9-13-5-4-12-3-2-6-17-12/h2-3,6,11,13H,4-5,7-9H2,1H3. The molecular formula is C12H18N2O2S. The van der Waals surface area contributed by atoms with Gasteiger partial charge in [0.25, 0.3) is 0 Å². The van der Waals surface area contributed by atoms with E-state index in [1.165, 1.54) is 11.8 Å². The molecule has 5 heteroatoms. The summed E-state index contributed by atoms with van der Waals surface area (Å²) in [6, 6.07) is 4.24. The first-order valence-electron chi connectivity index (χ1n) is 5.86. The fourth-order valence-electron chi connectivity index (χ4n) is 1.86. The van der Waals surface area contributed by atoms with Gasteiger partial charge in [0.1, 0.15) is 6.10 Å². The van der Waals surface area contributed by atoms with Gasteiger partial charge >= 0.3 is 5.97 Å². The summed E-state index contributed by atoms with van der Waals surface area (Å²) in [5.41, 5.74) is 0. The summed E-state index contributed by atoms with van der Waals surface area (Å²) >= 11 is 1.80. The van der Waals surface area contributed by atoms with Crippen LogP contribution in [0.15, 0.2) is 17.5 Å². The Kier molecular flexibility index (Phi) is 4.53. The minimum absolute atomic E-state index is 0.103. The predicted molar refractivity (Wildman–Crippen MR) is 68.0 cm³/mol. The number of hydrogen-bond acceptors (Lipinski definition) is 5. The first-order valence-corrected chi connectivity index (χ1v) is 6.74. The van der Waals surface area contributed by atoms with Gasteiger partial charge in [-0.05, 0) is 17.9 Å². The smallest absolute Gasteiger partial charge is 0.302 e. The second kappa shape index (κ2) is 6.14. The third-order valence-electron chi connectivity index (χ3n) is 2.72. The number of rotatable bonds is 6. The number of nitrogens with one attached hydrogen (secondary N) is 1. The molecule has 0 aromatic carbocycles. The SMILES string of the molecule is CC(=O)OC1CN(CNCCc2cccs2)C1. The van der Waals surface area contributed by atoms with Crippen LogP contribution in [-0.4, -0.2) is 43.3 Å². The minimum atomic E-state index is -0.180. The topological polar surface area (TPSA) is 41.6 Å². The Labute approximate surface area is 106 Å². The van der Waals surface area contributed by atoms with Crippen molar-refractivity contribution < 1.29 is 9.53 Å². The van der Waals surface area contributed by atoms with E-state index >= 15 is 0 Å². The molecule has 94 valence electrons. The van der Waals surface area contributed by atoms with E-state index in [0.717, 1.165) is 32.7 Å². The van der Waals surface area contributed by atoms with E-state index in [1.807, 2.05) is 0 Å². The van der Waals surface area contributed by atoms with Crippen LogP contribution in [-0.2, 0) is 16.0 Å². The molecule has 1 saturated heterocycles. The lowest BCUT2D eigenvalue weighted by Crippen LogP contribution is -2.55. The fraction of sp³-hybridized carbons (Fsp3) is 0.583. The molecular weight excluding hydrogens is 236 g/mol. The first-order chi connectivity index (χ1) is 8.24. The van der Waals surface area contributed by atoms with Crippen LogP contribution in [0.25, 0.3) is 0 Å². The third kappa shape index (κ3) is 4.11. The second-order valence-corrected chi connectivity index (χ2v) is 5.29. The van der Waals surface area contributed by atoms with Gasteiger partial charge in [0.15, 0.2) is 0 Å². The van der Waals surface area contributed by atoms with Crippen molar-refractivity contribution in [2.24, 2.45) is 0 Å². The maximum atomic E-state index is 10.7. The van der Waals surface area contributed by atoms with Crippen LogP contribution in [0.2, 0.25) is 0 Å². The van der Waals surface area contributed by atoms with E-state index in [0.29, 0.717) is 0 Å². The van der Waals surface area contributed by atoms with Crippen molar-refractivity contribution in [2.45, 2.75) is 19.4 Å². The number of nitrogens with zero attached hydrogens (tertiary/aromatic N) is 1. The summed E-state index contributed by atoms with van der Waals surface area (Å²) in [6.45, 7) is 5.04. The highest BCUT2D eigenvalue weighted by molar-refractivity contribution is 7.09. The number of carbonyl (C=O) groups is 1. The Balaban J connectivity index is 1.49. The lowest BCUT2D eigenvalue weighted by atomic mass is 10.2. The average Bonchev–Trinajstić information content (AvgIpc) is 2.72. The zero-order valence-corrected chi connectivity index (χ0v) is 10.8. The van der Waals surface area contributed by atoms with E-state index in [1.54, 1.807) is 11.3 Å². The van der Waals surface area contributed by atoms with Gasteiger partial charge in [-0.25, -0.2) is 0 Å². The number of thiophene rings is 1. The van der Waals surface area contributed by atoms with Gasteiger partial charge in [0, 0.05) is 38.1 Å². The Hall–Kier alpha value is -0.910. The number of esters is 1. The molecule has 1 aliphatic heterocycles. The largest absolute Gasteiger partial charge is 0.460 e. The van der Waals surface area contributed by atoms with E-state index in [-0.39, 0.29) is 12.1 Å². The molecule has 4 nitrogen and oxygen atoms in total. The van der Waals surface area contributed by atoms with Gasteiger partial charge in [-0.15, -0.1) is 11.3 Å². The Bertz CT molecular complexity index is 347. The number of hydrogen-bond donors (Lipinski definition) is 1. The van der Waals surface area contributed by atoms with Crippen molar-refractivity contribution in [1.82, 2.24) is 10.2 Å². The zero-order chi connectivity index (χ0) is 12.1. The maximum Gasteiger partial charge on any atom is 0.302 e. The first kappa shape index (κ1) is 12.5. The van der Waals surface area contributed by atoms with Crippen molar-refractivity contribution in [1.29, 1.82) is 0 Å². The molecule has 1 aliphatic rings. The molecule has 1 fully saturated rings. The van der Waals surface area contributed by atoms with Gasteiger partial charge in [-0.2, -0.15) is 0 Å². The lowest BCUT2D eigenvalue weighted by molar-refractivity contribution is -0.154. The van der Waals surface area contributed by atoms with Crippen molar-refractivity contribution in [3.8, 4) is 0 Å². The molecule has 1 N–H and O–H groups in total. The number of likely N-dealkylation sites (tertiary alicyclic amines) is 1. The molecule has 0 bridgehead atoms. The van der Waals surface area contributed by atoms with Crippen LogP contribution in [0.3, 0.4) is 0 Å². The van der Waals surface area contributed by atoms with Crippen molar-refractivity contribution in [3.63, 3.8) is 0 Å². The number of ether oxygens (including phenoxy) is 1. The highest BCUT2D eigenvalue weighted by Crippen LogP contribution is 2.11. The van der Waals surface area contributed by atoms with E-state index in [9.17, 15) is 4.79 Å². The van der Waals surface area contributed by atoms with Crippen LogP contribution in [0, 0.1) is 0 Å². The monoisotopic (exact) mass is 254 g/mol. The van der Waals surface area contributed by atoms with Crippen LogP contribution in [0.4, 0.5) is 0 Å². The molecule has 2 rings (SSSR count). The van der Waals surface area contributed by atoms with Crippen molar-refractivity contribution in [2.75, 3.05) is 26.3 Å². The zero-order valence-electron chi connectivity index (χ0n) is 10.0. The van der Waals surface area contributed by atoms with Crippen LogP contribution >= 0.6 is 11.3 Å². The maximum absolute atomic E-state index is 10.7. The van der Waals surface area contributed by atoms with Crippen LogP contribution in [0.5, 0.6) is 0 Å². The molecule has 0 atom stereocenters. The molecule has 0 unspecified atom stereocenters. The molecule has 0 radical (unpaired) electrons. The third-order valence-corrected chi connectivity index (χ3v) is 3.66. The summed E-state index contributed by atoms with van der Waals surface area (Å²) in [7, 11) is 0. The lowest BCUT2D eigenvalue weighted by Gasteiger charge is -2.38. The molecule has 2 heterocycles. The normalized spacial score (nSPS) is 16.8. The summed E-state index contributed by atoms with van der Waals surface area (Å²) in [5, 5.41) is 5.50. The second-order valence-electron chi connectivity index (χ2n) is 4.25. The van der Waals surface area contributed by atoms with Crippen molar-refractivity contribution in [3.05, 3.63) is 22.4 Å². The molecule has 0 amide bonds. The van der Waals surface area contributed by atoms with E-state index in [2.05, 4.69) is 27.7 Å². The van der Waals surface area contributed by atoms with Gasteiger partial charge in [-0.3, -0.25) is 9.69 Å². The van der Waals surface area contributed by atoms with E-state index in [4.69, 9.17) is 4.74 Å². The molecule has 0 saturated carbocycles. The van der Waals surface area contributed by atoms with Crippen LogP contribution in [0.1, 0.15) is 11.8 Å². The van der Waals surface area contributed by atoms with Gasteiger partial charge in [0.2, 0.25) is 0 Å².